The van der Waals surface area contributed by atoms with E-state index in [4.69, 9.17) is 0 Å². The molecule has 1 N–H and O–H groups in total. The molecule has 2 heteroatoms. The molecule has 0 radical (unpaired) electrons. The van der Waals surface area contributed by atoms with Gasteiger partial charge in [0, 0.05) is 0 Å². The molecule has 0 unspecified atom stereocenters. The molecule has 0 saturated heterocycles. The standard InChI is InChI=1S/C16H22O2/c1-16(2,15(17)18)11-12-6-5-9-14(10-12)13-7-3-4-8-13/h5-6,9-10,13H,3-4,7-8,11H2,1-2H3,(H,17,18). The van der Waals surface area contributed by atoms with Gasteiger partial charge >= 0.3 is 5.97 Å². The summed E-state index contributed by atoms with van der Waals surface area (Å²) in [6.45, 7) is 3.58. The van der Waals surface area contributed by atoms with Crippen LogP contribution in [-0.2, 0) is 11.2 Å². The number of carboxylic acids is 1. The zero-order chi connectivity index (χ0) is 13.2. The van der Waals surface area contributed by atoms with E-state index < -0.39 is 11.4 Å². The van der Waals surface area contributed by atoms with E-state index in [0.29, 0.717) is 12.3 Å². The van der Waals surface area contributed by atoms with Crippen molar-refractivity contribution in [2.24, 2.45) is 5.41 Å². The van der Waals surface area contributed by atoms with Crippen molar-refractivity contribution in [2.45, 2.75) is 51.9 Å². The van der Waals surface area contributed by atoms with Crippen LogP contribution < -0.4 is 0 Å². The normalized spacial score (nSPS) is 17.0. The van der Waals surface area contributed by atoms with Crippen LogP contribution in [0.1, 0.15) is 56.6 Å². The van der Waals surface area contributed by atoms with Gasteiger partial charge in [-0.1, -0.05) is 37.1 Å². The lowest BCUT2D eigenvalue weighted by molar-refractivity contribution is -0.146. The Balaban J connectivity index is 2.14. The summed E-state index contributed by atoms with van der Waals surface area (Å²) in [5.74, 6) is -0.0355. The maximum atomic E-state index is 11.2. The second-order valence-electron chi connectivity index (χ2n) is 6.09. The van der Waals surface area contributed by atoms with Gasteiger partial charge in [0.05, 0.1) is 5.41 Å². The molecule has 98 valence electrons. The summed E-state index contributed by atoms with van der Waals surface area (Å²) < 4.78 is 0. The fraction of sp³-hybridized carbons (Fsp3) is 0.562. The first-order valence-electron chi connectivity index (χ1n) is 6.81. The Labute approximate surface area is 109 Å². The van der Waals surface area contributed by atoms with Gasteiger partial charge in [-0.3, -0.25) is 4.79 Å². The number of carbonyl (C=O) groups is 1. The Morgan fingerprint density at radius 1 is 1.33 bits per heavy atom. The minimum absolute atomic E-state index is 0.600. The summed E-state index contributed by atoms with van der Waals surface area (Å²) in [5, 5.41) is 9.18. The van der Waals surface area contributed by atoms with Crippen molar-refractivity contribution >= 4 is 5.97 Å². The van der Waals surface area contributed by atoms with E-state index in [-0.39, 0.29) is 0 Å². The molecule has 0 heterocycles. The number of hydrogen-bond acceptors (Lipinski definition) is 1. The van der Waals surface area contributed by atoms with Crippen LogP contribution in [-0.4, -0.2) is 11.1 Å². The summed E-state index contributed by atoms with van der Waals surface area (Å²) in [5.41, 5.74) is 1.85. The zero-order valence-corrected chi connectivity index (χ0v) is 11.3. The van der Waals surface area contributed by atoms with Crippen LogP contribution in [0.2, 0.25) is 0 Å². The van der Waals surface area contributed by atoms with Gasteiger partial charge in [-0.15, -0.1) is 0 Å². The van der Waals surface area contributed by atoms with E-state index in [1.54, 1.807) is 13.8 Å². The monoisotopic (exact) mass is 246 g/mol. The van der Waals surface area contributed by atoms with Gasteiger partial charge in [-0.25, -0.2) is 0 Å². The van der Waals surface area contributed by atoms with Crippen molar-refractivity contribution in [3.05, 3.63) is 35.4 Å². The van der Waals surface area contributed by atoms with Crippen molar-refractivity contribution in [3.63, 3.8) is 0 Å². The van der Waals surface area contributed by atoms with Crippen molar-refractivity contribution in [1.82, 2.24) is 0 Å². The molecule has 2 nitrogen and oxygen atoms in total. The molecule has 0 bridgehead atoms. The molecular formula is C16H22O2. The van der Waals surface area contributed by atoms with Crippen molar-refractivity contribution in [3.8, 4) is 0 Å². The predicted octanol–water partition coefficient (Wildman–Crippen LogP) is 4.00. The number of benzene rings is 1. The predicted molar refractivity (Wildman–Crippen MR) is 72.8 cm³/mol. The molecule has 0 atom stereocenters. The van der Waals surface area contributed by atoms with E-state index in [9.17, 15) is 9.90 Å². The summed E-state index contributed by atoms with van der Waals surface area (Å²) in [6, 6.07) is 8.51. The first kappa shape index (κ1) is 13.1. The molecule has 1 saturated carbocycles. The zero-order valence-electron chi connectivity index (χ0n) is 11.3. The minimum atomic E-state index is -0.728. The first-order chi connectivity index (χ1) is 8.49. The smallest absolute Gasteiger partial charge is 0.309 e. The Hall–Kier alpha value is -1.31. The third-order valence-corrected chi connectivity index (χ3v) is 4.00. The highest BCUT2D eigenvalue weighted by molar-refractivity contribution is 5.74. The third kappa shape index (κ3) is 2.92. The number of aliphatic carboxylic acids is 1. The fourth-order valence-corrected chi connectivity index (χ4v) is 2.80. The molecule has 0 aliphatic heterocycles. The van der Waals surface area contributed by atoms with E-state index in [2.05, 4.69) is 18.2 Å². The van der Waals surface area contributed by atoms with Gasteiger partial charge in [0.1, 0.15) is 0 Å². The lowest BCUT2D eigenvalue weighted by atomic mass is 9.84. The maximum absolute atomic E-state index is 11.2. The maximum Gasteiger partial charge on any atom is 0.309 e. The highest BCUT2D eigenvalue weighted by Gasteiger charge is 2.27. The van der Waals surface area contributed by atoms with E-state index in [1.807, 2.05) is 6.07 Å². The van der Waals surface area contributed by atoms with Crippen molar-refractivity contribution in [1.29, 1.82) is 0 Å². The van der Waals surface area contributed by atoms with E-state index in [0.717, 1.165) is 5.56 Å². The van der Waals surface area contributed by atoms with Crippen LogP contribution in [0.5, 0.6) is 0 Å². The number of carboxylic acid groups (broad SMARTS) is 1. The molecule has 0 aromatic heterocycles. The molecule has 0 spiro atoms. The van der Waals surface area contributed by atoms with Crippen LogP contribution >= 0.6 is 0 Å². The van der Waals surface area contributed by atoms with Crippen LogP contribution in [0, 0.1) is 5.41 Å². The Morgan fingerprint density at radius 3 is 2.61 bits per heavy atom. The molecule has 1 aromatic carbocycles. The Morgan fingerprint density at radius 2 is 2.00 bits per heavy atom. The number of rotatable bonds is 4. The van der Waals surface area contributed by atoms with Gasteiger partial charge in [0.15, 0.2) is 0 Å². The SMILES string of the molecule is CC(C)(Cc1cccc(C2CCCC2)c1)C(=O)O. The molecule has 2 rings (SSSR count). The van der Waals surface area contributed by atoms with Crippen molar-refractivity contribution < 1.29 is 9.90 Å². The molecule has 18 heavy (non-hydrogen) atoms. The Bertz CT molecular complexity index is 428. The summed E-state index contributed by atoms with van der Waals surface area (Å²) >= 11 is 0. The average Bonchev–Trinajstić information content (AvgIpc) is 2.82. The van der Waals surface area contributed by atoms with Gasteiger partial charge in [-0.05, 0) is 50.2 Å². The summed E-state index contributed by atoms with van der Waals surface area (Å²) in [4.78, 5) is 11.2. The quantitative estimate of drug-likeness (QED) is 0.872. The largest absolute Gasteiger partial charge is 0.481 e. The molecule has 1 aliphatic rings. The molecule has 1 fully saturated rings. The lowest BCUT2D eigenvalue weighted by Crippen LogP contribution is -2.26. The van der Waals surface area contributed by atoms with Gasteiger partial charge < -0.3 is 5.11 Å². The fourth-order valence-electron chi connectivity index (χ4n) is 2.80. The molecule has 0 amide bonds. The second-order valence-corrected chi connectivity index (χ2v) is 6.09. The van der Waals surface area contributed by atoms with Crippen LogP contribution in [0.3, 0.4) is 0 Å². The Kier molecular flexibility index (Phi) is 3.74. The highest BCUT2D eigenvalue weighted by Crippen LogP contribution is 2.35. The topological polar surface area (TPSA) is 37.3 Å². The van der Waals surface area contributed by atoms with E-state index in [1.165, 1.54) is 31.2 Å². The second kappa shape index (κ2) is 5.13. The van der Waals surface area contributed by atoms with E-state index >= 15 is 0 Å². The molecular weight excluding hydrogens is 224 g/mol. The molecule has 1 aliphatic carbocycles. The minimum Gasteiger partial charge on any atom is -0.481 e. The first-order valence-corrected chi connectivity index (χ1v) is 6.81. The van der Waals surface area contributed by atoms with Crippen LogP contribution in [0.25, 0.3) is 0 Å². The summed E-state index contributed by atoms with van der Waals surface area (Å²) in [7, 11) is 0. The number of hydrogen-bond donors (Lipinski definition) is 1. The van der Waals surface area contributed by atoms with Crippen LogP contribution in [0.4, 0.5) is 0 Å². The van der Waals surface area contributed by atoms with Gasteiger partial charge in [-0.2, -0.15) is 0 Å². The van der Waals surface area contributed by atoms with Gasteiger partial charge in [0.25, 0.3) is 0 Å². The summed E-state index contributed by atoms with van der Waals surface area (Å²) in [6.07, 6.45) is 5.82. The van der Waals surface area contributed by atoms with Crippen molar-refractivity contribution in [2.75, 3.05) is 0 Å². The average molecular weight is 246 g/mol. The van der Waals surface area contributed by atoms with Gasteiger partial charge in [0.2, 0.25) is 0 Å². The molecule has 1 aromatic rings. The third-order valence-electron chi connectivity index (χ3n) is 4.00. The van der Waals surface area contributed by atoms with Crippen LogP contribution in [0.15, 0.2) is 24.3 Å². The lowest BCUT2D eigenvalue weighted by Gasteiger charge is -2.20. The highest BCUT2D eigenvalue weighted by atomic mass is 16.4.